The maximum Gasteiger partial charge on any atom is 0.407 e. The van der Waals surface area contributed by atoms with Gasteiger partial charge in [-0.25, -0.2) is 4.79 Å². The number of hydrogen-bond acceptors (Lipinski definition) is 4. The standard InChI is InChI=1S/C21H28N4O5/c1-13-12-23(2)20(27)17-16(11-22-18(13)17)19(26)24-7-3-14(4-8-24)30-15-5-9-25(10-6-15)21(28)29/h11-12,14-15,22H,3-10H2,1-2H3,(H,28,29). The number of likely N-dealkylation sites (tertiary alicyclic amines) is 2. The Morgan fingerprint density at radius 2 is 1.63 bits per heavy atom. The number of aryl methyl sites for hydroxylation is 2. The summed E-state index contributed by atoms with van der Waals surface area (Å²) in [5, 5.41) is 9.49. The summed E-state index contributed by atoms with van der Waals surface area (Å²) >= 11 is 0. The molecule has 2 N–H and O–H groups in total. The van der Waals surface area contributed by atoms with Gasteiger partial charge in [-0.05, 0) is 38.2 Å². The fourth-order valence-corrected chi connectivity index (χ4v) is 4.54. The first-order chi connectivity index (χ1) is 14.3. The second kappa shape index (κ2) is 8.14. The van der Waals surface area contributed by atoms with E-state index in [1.165, 1.54) is 9.47 Å². The molecule has 4 rings (SSSR count). The molecule has 0 saturated carbocycles. The lowest BCUT2D eigenvalue weighted by molar-refractivity contribution is -0.0597. The molecule has 9 heteroatoms. The Morgan fingerprint density at radius 1 is 1.07 bits per heavy atom. The number of H-pyrrole nitrogens is 1. The zero-order chi connectivity index (χ0) is 21.4. The van der Waals surface area contributed by atoms with Gasteiger partial charge in [0.15, 0.2) is 0 Å². The molecule has 2 saturated heterocycles. The second-order valence-corrected chi connectivity index (χ2v) is 8.28. The third kappa shape index (κ3) is 3.81. The molecule has 2 aliphatic rings. The first-order valence-corrected chi connectivity index (χ1v) is 10.4. The van der Waals surface area contributed by atoms with Gasteiger partial charge in [0.1, 0.15) is 0 Å². The molecule has 0 unspecified atom stereocenters. The van der Waals surface area contributed by atoms with Crippen molar-refractivity contribution in [2.75, 3.05) is 26.2 Å². The quantitative estimate of drug-likeness (QED) is 0.795. The van der Waals surface area contributed by atoms with Gasteiger partial charge in [-0.3, -0.25) is 9.59 Å². The van der Waals surface area contributed by atoms with Gasteiger partial charge in [0, 0.05) is 45.6 Å². The number of nitrogens with zero attached hydrogens (tertiary/aromatic N) is 3. The number of carbonyl (C=O) groups excluding carboxylic acids is 1. The number of hydrogen-bond donors (Lipinski definition) is 2. The molecule has 0 radical (unpaired) electrons. The summed E-state index contributed by atoms with van der Waals surface area (Å²) in [6.07, 6.45) is 5.59. The molecule has 2 amide bonds. The molecule has 30 heavy (non-hydrogen) atoms. The van der Waals surface area contributed by atoms with Crippen molar-refractivity contribution in [3.05, 3.63) is 33.9 Å². The van der Waals surface area contributed by atoms with Crippen molar-refractivity contribution in [2.45, 2.75) is 44.8 Å². The highest BCUT2D eigenvalue weighted by Gasteiger charge is 2.30. The third-order valence-electron chi connectivity index (χ3n) is 6.25. The van der Waals surface area contributed by atoms with Crippen LogP contribution in [0.1, 0.15) is 41.6 Å². The summed E-state index contributed by atoms with van der Waals surface area (Å²) in [6.45, 7) is 4.08. The van der Waals surface area contributed by atoms with Crippen LogP contribution in [-0.2, 0) is 11.8 Å². The van der Waals surface area contributed by atoms with Gasteiger partial charge in [-0.15, -0.1) is 0 Å². The van der Waals surface area contributed by atoms with Gasteiger partial charge in [0.2, 0.25) is 0 Å². The summed E-state index contributed by atoms with van der Waals surface area (Å²) < 4.78 is 7.69. The summed E-state index contributed by atoms with van der Waals surface area (Å²) in [5.41, 5.74) is 1.89. The molecule has 162 valence electrons. The van der Waals surface area contributed by atoms with Crippen LogP contribution in [0, 0.1) is 6.92 Å². The lowest BCUT2D eigenvalue weighted by Gasteiger charge is -2.36. The number of nitrogens with one attached hydrogen (secondary N) is 1. The number of fused-ring (bicyclic) bond motifs is 1. The van der Waals surface area contributed by atoms with Crippen molar-refractivity contribution >= 4 is 22.9 Å². The first kappa shape index (κ1) is 20.5. The molecule has 2 aromatic heterocycles. The average Bonchev–Trinajstić information content (AvgIpc) is 3.18. The smallest absolute Gasteiger partial charge is 0.407 e. The topological polar surface area (TPSA) is 108 Å². The number of aromatic amines is 1. The van der Waals surface area contributed by atoms with Gasteiger partial charge >= 0.3 is 6.09 Å². The minimum Gasteiger partial charge on any atom is -0.465 e. The molecular weight excluding hydrogens is 388 g/mol. The molecule has 0 spiro atoms. The fourth-order valence-electron chi connectivity index (χ4n) is 4.54. The number of carboxylic acid groups (broad SMARTS) is 1. The van der Waals surface area contributed by atoms with Crippen molar-refractivity contribution in [1.29, 1.82) is 0 Å². The zero-order valence-corrected chi connectivity index (χ0v) is 17.4. The Kier molecular flexibility index (Phi) is 5.55. The van der Waals surface area contributed by atoms with Crippen LogP contribution in [0.3, 0.4) is 0 Å². The van der Waals surface area contributed by atoms with Crippen molar-refractivity contribution in [3.63, 3.8) is 0 Å². The van der Waals surface area contributed by atoms with Gasteiger partial charge in [-0.2, -0.15) is 0 Å². The molecular formula is C21H28N4O5. The summed E-state index contributed by atoms with van der Waals surface area (Å²) in [6, 6.07) is 0. The molecule has 0 atom stereocenters. The van der Waals surface area contributed by atoms with Crippen LogP contribution in [0.4, 0.5) is 4.79 Å². The molecule has 2 fully saturated rings. The Hall–Kier alpha value is -2.81. The maximum absolute atomic E-state index is 13.1. The Bertz CT molecular complexity index is 1010. The lowest BCUT2D eigenvalue weighted by Crippen LogP contribution is -2.44. The van der Waals surface area contributed by atoms with Crippen LogP contribution < -0.4 is 5.56 Å². The van der Waals surface area contributed by atoms with E-state index in [1.807, 2.05) is 6.92 Å². The summed E-state index contributed by atoms with van der Waals surface area (Å²) in [7, 11) is 1.69. The number of rotatable bonds is 3. The van der Waals surface area contributed by atoms with Crippen molar-refractivity contribution in [3.8, 4) is 0 Å². The van der Waals surface area contributed by atoms with E-state index >= 15 is 0 Å². The Balaban J connectivity index is 1.37. The van der Waals surface area contributed by atoms with Crippen molar-refractivity contribution < 1.29 is 19.4 Å². The molecule has 4 heterocycles. The van der Waals surface area contributed by atoms with E-state index in [-0.39, 0.29) is 23.7 Å². The highest BCUT2D eigenvalue weighted by Crippen LogP contribution is 2.24. The van der Waals surface area contributed by atoms with Gasteiger partial charge < -0.3 is 29.2 Å². The van der Waals surface area contributed by atoms with Gasteiger partial charge in [-0.1, -0.05) is 0 Å². The highest BCUT2D eigenvalue weighted by molar-refractivity contribution is 6.07. The minimum absolute atomic E-state index is 0.0764. The number of pyridine rings is 1. The van der Waals surface area contributed by atoms with E-state index in [0.29, 0.717) is 55.5 Å². The van der Waals surface area contributed by atoms with Crippen LogP contribution in [0.25, 0.3) is 10.9 Å². The summed E-state index contributed by atoms with van der Waals surface area (Å²) in [4.78, 5) is 43.0. The van der Waals surface area contributed by atoms with E-state index in [1.54, 1.807) is 24.3 Å². The van der Waals surface area contributed by atoms with Crippen LogP contribution >= 0.6 is 0 Å². The van der Waals surface area contributed by atoms with Crippen LogP contribution in [0.15, 0.2) is 17.2 Å². The fraction of sp³-hybridized carbons (Fsp3) is 0.571. The van der Waals surface area contributed by atoms with Crippen LogP contribution in [0.2, 0.25) is 0 Å². The average molecular weight is 416 g/mol. The van der Waals surface area contributed by atoms with E-state index < -0.39 is 6.09 Å². The van der Waals surface area contributed by atoms with E-state index in [4.69, 9.17) is 9.84 Å². The number of piperidine rings is 2. The molecule has 0 aliphatic carbocycles. The van der Waals surface area contributed by atoms with Crippen molar-refractivity contribution in [2.24, 2.45) is 7.05 Å². The van der Waals surface area contributed by atoms with Gasteiger partial charge in [0.05, 0.1) is 28.7 Å². The number of aromatic nitrogens is 2. The SMILES string of the molecule is Cc1cn(C)c(=O)c2c(C(=O)N3CCC(OC4CCN(C(=O)O)CC4)CC3)c[nH]c12. The van der Waals surface area contributed by atoms with Gasteiger partial charge in [0.25, 0.3) is 11.5 Å². The number of ether oxygens (including phenoxy) is 1. The maximum atomic E-state index is 13.1. The highest BCUT2D eigenvalue weighted by atomic mass is 16.5. The molecule has 9 nitrogen and oxygen atoms in total. The van der Waals surface area contributed by atoms with Crippen LogP contribution in [0.5, 0.6) is 0 Å². The third-order valence-corrected chi connectivity index (χ3v) is 6.25. The number of carbonyl (C=O) groups is 2. The largest absolute Gasteiger partial charge is 0.465 e. The number of amides is 2. The normalized spacial score (nSPS) is 18.9. The molecule has 0 aromatic carbocycles. The second-order valence-electron chi connectivity index (χ2n) is 8.28. The van der Waals surface area contributed by atoms with Crippen molar-refractivity contribution in [1.82, 2.24) is 19.4 Å². The predicted molar refractivity (Wildman–Crippen MR) is 111 cm³/mol. The Labute approximate surface area is 174 Å². The Morgan fingerprint density at radius 3 is 2.20 bits per heavy atom. The summed E-state index contributed by atoms with van der Waals surface area (Å²) in [5.74, 6) is -0.128. The van der Waals surface area contributed by atoms with E-state index in [2.05, 4.69) is 4.98 Å². The molecule has 2 aromatic rings. The van der Waals surface area contributed by atoms with Crippen LogP contribution in [-0.4, -0.2) is 74.8 Å². The first-order valence-electron chi connectivity index (χ1n) is 10.4. The minimum atomic E-state index is -0.873. The zero-order valence-electron chi connectivity index (χ0n) is 17.4. The lowest BCUT2D eigenvalue weighted by atomic mass is 10.0. The van der Waals surface area contributed by atoms with E-state index in [0.717, 1.165) is 18.4 Å². The molecule has 0 bridgehead atoms. The van der Waals surface area contributed by atoms with E-state index in [9.17, 15) is 14.4 Å². The molecule has 2 aliphatic heterocycles. The predicted octanol–water partition coefficient (Wildman–Crippen LogP) is 1.94. The monoisotopic (exact) mass is 416 g/mol.